The number of aryl methyl sites for hydroxylation is 1. The maximum atomic E-state index is 11.7. The van der Waals surface area contributed by atoms with Crippen molar-refractivity contribution in [2.45, 2.75) is 110 Å². The molecule has 0 fully saturated rings. The fourth-order valence-corrected chi connectivity index (χ4v) is 15.2. The Kier molecular flexibility index (Phi) is 58.2. The quantitative estimate of drug-likeness (QED) is 0.0187. The number of amides is 18. The molecule has 10 rings (SSSR count). The Labute approximate surface area is 865 Å². The lowest BCUT2D eigenvalue weighted by Gasteiger charge is -2.11. The minimum absolute atomic E-state index is 0.0226. The van der Waals surface area contributed by atoms with Gasteiger partial charge in [-0.2, -0.15) is 0 Å². The van der Waals surface area contributed by atoms with Crippen LogP contribution in [-0.4, -0.2) is 213 Å². The van der Waals surface area contributed by atoms with Gasteiger partial charge in [-0.05, 0) is 195 Å². The summed E-state index contributed by atoms with van der Waals surface area (Å²) in [5, 5.41) is 56.2. The minimum Gasteiger partial charge on any atom is -0.352 e. The van der Waals surface area contributed by atoms with Gasteiger partial charge in [0.05, 0.1) is 55.3 Å². The number of hydrogen-bond acceptors (Lipinski definition) is 23. The standard InChI is InChI=1S/C11H13NO2.C11H15NO.C10H15N3O2S.2C10H14N2O3S.2C10H12N2O2.C9H13N3O2S.2C9H12N2O3S/c1-3-11(14)12-10-6-4-9(5-7-10)8(2)13;1-3-11(13)12-8-10-6-4-5-9(2)7-10;1-12-10(14)13-7-8-5-3-4-6-9(8)16(2,11)15;1-11-10(13)12-7-8-3-5-9(6-4-8)16(2,14)15;1-11-10(13)12-7-8-4-3-5-9(6-8)16(2,14)15;1-7(13)8-4-3-5-9(6-8)12-10(14)11-2;1-7(13)8-5-3-4-6-9(8)12-10(14)11-2;1-11-9(13)12-7-5-3-4-6-8(7)15(2,10)14;1-10-9(12)11-7-3-5-8(6-4-7)15(2,13)14;1-10-9(12)11-7-4-3-5-8(6-7)15(2,13)14/h4-7H,3H2,1-2H3,(H,12,14);4-7H,3,8H2,1-2H3,(H,12,13);3-6H,2,7H2,1H3,(H2,11,15)(H2,12,13,14);2*3-6H,7H2,1-2H3,(H2,11,12,13);2*3-6H,1-2H3,(H2,11,12,14);3-6H,2H2,1H3,(H2,10,14)(H2,11,12,13);2*3-6H,1-2H3,(H2,10,11,12). The molecule has 802 valence electrons. The molecule has 0 saturated carbocycles. The molecule has 2 atom stereocenters. The Hall–Kier alpha value is -15.9. The Morgan fingerprint density at radius 3 is 1.05 bits per heavy atom. The number of carbonyl (C=O) groups excluding carboxylic acids is 13. The molecule has 0 spiro atoms. The molecule has 0 aliphatic heterocycles. The summed E-state index contributed by atoms with van der Waals surface area (Å²) in [4.78, 5) is 145. The Balaban J connectivity index is 0.000000823. The molecule has 18 amide bonds. The van der Waals surface area contributed by atoms with Gasteiger partial charge in [0.25, 0.3) is 0 Å². The van der Waals surface area contributed by atoms with Crippen LogP contribution in [-0.2, 0) is 94.5 Å². The van der Waals surface area contributed by atoms with Gasteiger partial charge >= 0.3 is 48.2 Å². The molecule has 0 heterocycles. The molecule has 2 unspecified atom stereocenters. The van der Waals surface area contributed by atoms with Crippen molar-refractivity contribution in [2.75, 3.05) is 113 Å². The number of hydrogen-bond donors (Lipinski definition) is 20. The number of ketones is 3. The highest BCUT2D eigenvalue weighted by molar-refractivity contribution is 7.98. The van der Waals surface area contributed by atoms with Gasteiger partial charge in [-0.15, -0.1) is 0 Å². The summed E-state index contributed by atoms with van der Waals surface area (Å²) in [6, 6.07) is 64.4. The number of nitrogens with two attached hydrogens (primary N) is 2. The lowest BCUT2D eigenvalue weighted by Crippen LogP contribution is -2.32. The highest BCUT2D eigenvalue weighted by Crippen LogP contribution is 2.23. The SMILES string of the molecule is C=S(N)(=O)c1ccccc1CNC(=O)NC.C=S(N)(=O)c1ccccc1NC(=O)NC.CCC(=O)NCc1cccc(C)c1.CCC(=O)Nc1ccc(C(C)=O)cc1.CNC(=O)NCc1ccc(S(C)(=O)=O)cc1.CNC(=O)NCc1cccc(S(C)(=O)=O)c1.CNC(=O)Nc1ccc(S(C)(=O)=O)cc1.CNC(=O)Nc1cccc(C(C)=O)c1.CNC(=O)Nc1cccc(S(C)(=O)=O)c1.CNC(=O)Nc1ccccc1C(C)=O. The van der Waals surface area contributed by atoms with Gasteiger partial charge in [-0.25, -0.2) is 80.4 Å². The van der Waals surface area contributed by atoms with Crippen molar-refractivity contribution in [1.29, 1.82) is 0 Å². The topological polar surface area (TPSA) is 661 Å². The van der Waals surface area contributed by atoms with Crippen molar-refractivity contribution in [2.24, 2.45) is 10.3 Å². The largest absolute Gasteiger partial charge is 0.352 e. The number of sulfone groups is 4. The molecule has 10 aromatic rings. The van der Waals surface area contributed by atoms with Crippen LogP contribution in [0.15, 0.2) is 272 Å². The van der Waals surface area contributed by atoms with Crippen LogP contribution in [0, 0.1) is 6.92 Å². The van der Waals surface area contributed by atoms with E-state index in [0.29, 0.717) is 93.0 Å². The van der Waals surface area contributed by atoms with Crippen molar-refractivity contribution in [3.05, 3.63) is 287 Å². The van der Waals surface area contributed by atoms with E-state index in [0.717, 1.165) is 47.4 Å². The van der Waals surface area contributed by atoms with Crippen LogP contribution in [0.2, 0.25) is 0 Å². The molecule has 148 heavy (non-hydrogen) atoms. The van der Waals surface area contributed by atoms with Crippen LogP contribution in [0.25, 0.3) is 0 Å². The molecular formula is C99H132N20O23S6. The molecule has 0 bridgehead atoms. The third-order valence-corrected chi connectivity index (χ3v) is 25.3. The van der Waals surface area contributed by atoms with E-state index in [1.165, 1.54) is 137 Å². The first-order valence-corrected chi connectivity index (χ1v) is 55.3. The number of para-hydroxylation sites is 2. The minimum atomic E-state index is -3.24. The summed E-state index contributed by atoms with van der Waals surface area (Å²) in [7, 11) is -6.27. The molecule has 10 aromatic carbocycles. The molecule has 0 radical (unpaired) electrons. The molecule has 0 aromatic heterocycles. The van der Waals surface area contributed by atoms with Gasteiger partial charge in [-0.3, -0.25) is 34.3 Å². The zero-order valence-corrected chi connectivity index (χ0v) is 90.1. The van der Waals surface area contributed by atoms with Gasteiger partial charge in [-0.1, -0.05) is 129 Å². The van der Waals surface area contributed by atoms with E-state index < -0.39 is 64.8 Å². The monoisotopic (exact) mass is 2160 g/mol. The predicted octanol–water partition coefficient (Wildman–Crippen LogP) is 10.7. The number of carbonyl (C=O) groups is 13. The molecule has 0 saturated heterocycles. The summed E-state index contributed by atoms with van der Waals surface area (Å²) < 4.78 is 113. The normalized spacial score (nSPS) is 11.0. The van der Waals surface area contributed by atoms with Crippen LogP contribution in [0.5, 0.6) is 0 Å². The van der Waals surface area contributed by atoms with Crippen LogP contribution in [0.3, 0.4) is 0 Å². The first-order chi connectivity index (χ1) is 69.2. The van der Waals surface area contributed by atoms with Gasteiger partial charge in [0.1, 0.15) is 0 Å². The van der Waals surface area contributed by atoms with Gasteiger partial charge < -0.3 is 95.7 Å². The average molecular weight is 2160 g/mol. The van der Waals surface area contributed by atoms with Crippen molar-refractivity contribution < 1.29 is 104 Å². The summed E-state index contributed by atoms with van der Waals surface area (Å²) in [6.45, 7) is 11.7. The van der Waals surface area contributed by atoms with E-state index in [1.807, 2.05) is 32.0 Å². The third kappa shape index (κ3) is 54.7. The lowest BCUT2D eigenvalue weighted by atomic mass is 10.1. The second-order valence-electron chi connectivity index (χ2n) is 30.7. The number of benzene rings is 10. The number of nitrogens with one attached hydrogen (secondary N) is 18. The number of Topliss-reactive ketones (excluding diaryl/α,β-unsaturated/α-hetero) is 3. The molecule has 43 nitrogen and oxygen atoms in total. The molecule has 0 aliphatic rings. The second-order valence-corrected chi connectivity index (χ2v) is 42.5. The van der Waals surface area contributed by atoms with Crippen molar-refractivity contribution in [3.8, 4) is 0 Å². The number of rotatable bonds is 25. The van der Waals surface area contributed by atoms with Crippen LogP contribution in [0.4, 0.5) is 72.5 Å². The molecule has 22 N–H and O–H groups in total. The van der Waals surface area contributed by atoms with Crippen molar-refractivity contribution in [3.63, 3.8) is 0 Å². The Bertz CT molecular complexity index is 6890. The predicted molar refractivity (Wildman–Crippen MR) is 582 cm³/mol. The summed E-state index contributed by atoms with van der Waals surface area (Å²) in [6.07, 6.45) is 5.56. The highest BCUT2D eigenvalue weighted by Gasteiger charge is 2.17. The molecule has 49 heteroatoms. The number of urea groups is 8. The maximum absolute atomic E-state index is 11.7. The zero-order chi connectivity index (χ0) is 112. The molecular weight excluding hydrogens is 2030 g/mol. The summed E-state index contributed by atoms with van der Waals surface area (Å²) in [5.41, 5.74) is 9.66. The van der Waals surface area contributed by atoms with E-state index in [9.17, 15) is 104 Å². The second kappa shape index (κ2) is 66.2. The van der Waals surface area contributed by atoms with E-state index >= 15 is 0 Å². The Morgan fingerprint density at radius 1 is 0.277 bits per heavy atom. The highest BCUT2D eigenvalue weighted by atomic mass is 32.2. The van der Waals surface area contributed by atoms with Crippen LogP contribution >= 0.6 is 0 Å². The summed E-state index contributed by atoms with van der Waals surface area (Å²) >= 11 is 0. The van der Waals surface area contributed by atoms with E-state index in [1.54, 1.807) is 171 Å². The fourth-order valence-electron chi connectivity index (χ4n) is 10.8. The number of anilines is 6. The van der Waals surface area contributed by atoms with Gasteiger partial charge in [0, 0.05) is 165 Å². The first kappa shape index (κ1) is 130. The van der Waals surface area contributed by atoms with Crippen molar-refractivity contribution >= 4 is 182 Å². The first-order valence-electron chi connectivity index (χ1n) is 44.2. The van der Waals surface area contributed by atoms with Crippen molar-refractivity contribution in [1.82, 2.24) is 63.8 Å². The smallest absolute Gasteiger partial charge is 0.319 e. The maximum Gasteiger partial charge on any atom is 0.319 e. The molecule has 0 aliphatic carbocycles. The van der Waals surface area contributed by atoms with E-state index in [2.05, 4.69) is 114 Å². The summed E-state index contributed by atoms with van der Waals surface area (Å²) in [5.74, 6) is 6.80. The van der Waals surface area contributed by atoms with Gasteiger partial charge in [0.2, 0.25) is 11.8 Å². The fraction of sp³-hybridized carbons (Fsp3) is 0.242. The van der Waals surface area contributed by atoms with Crippen LogP contribution < -0.4 is 106 Å². The van der Waals surface area contributed by atoms with E-state index in [4.69, 9.17) is 10.3 Å². The Morgan fingerprint density at radius 2 is 0.622 bits per heavy atom. The third-order valence-electron chi connectivity index (χ3n) is 18.6. The van der Waals surface area contributed by atoms with Crippen LogP contribution in [0.1, 0.15) is 106 Å². The van der Waals surface area contributed by atoms with E-state index in [-0.39, 0.29) is 97.5 Å². The lowest BCUT2D eigenvalue weighted by molar-refractivity contribution is -0.121. The average Bonchev–Trinajstić information content (AvgIpc) is 0.830. The zero-order valence-electron chi connectivity index (χ0n) is 85.2. The van der Waals surface area contributed by atoms with Gasteiger partial charge in [0.15, 0.2) is 56.7 Å².